The van der Waals surface area contributed by atoms with Crippen LogP contribution in [0.1, 0.15) is 23.2 Å². The molecule has 3 N–H and O–H groups in total. The normalized spacial score (nSPS) is 17.3. The molecule has 23 heavy (non-hydrogen) atoms. The number of hydrogen-bond donors (Lipinski definition) is 3. The summed E-state index contributed by atoms with van der Waals surface area (Å²) in [6.07, 6.45) is 3.86. The van der Waals surface area contributed by atoms with E-state index >= 15 is 0 Å². The maximum atomic E-state index is 12.4. The molecule has 1 amide bonds. The van der Waals surface area contributed by atoms with Crippen molar-refractivity contribution in [3.8, 4) is 11.3 Å². The Kier molecular flexibility index (Phi) is 6.45. The Morgan fingerprint density at radius 3 is 2.96 bits per heavy atom. The number of aromatic amines is 1. The van der Waals surface area contributed by atoms with Gasteiger partial charge < -0.3 is 10.6 Å². The van der Waals surface area contributed by atoms with Gasteiger partial charge in [-0.2, -0.15) is 5.10 Å². The third-order valence-electron chi connectivity index (χ3n) is 3.98. The van der Waals surface area contributed by atoms with Gasteiger partial charge in [-0.05, 0) is 37.9 Å². The van der Waals surface area contributed by atoms with Gasteiger partial charge in [0.25, 0.3) is 5.91 Å². The largest absolute Gasteiger partial charge is 0.352 e. The number of benzene rings is 1. The number of H-pyrrole nitrogens is 1. The van der Waals surface area contributed by atoms with E-state index in [-0.39, 0.29) is 18.3 Å². The van der Waals surface area contributed by atoms with E-state index in [1.54, 1.807) is 12.3 Å². The third-order valence-corrected chi connectivity index (χ3v) is 4.31. The Balaban J connectivity index is 0.00000192. The molecule has 7 heteroatoms. The van der Waals surface area contributed by atoms with Crippen molar-refractivity contribution in [3.05, 3.63) is 41.0 Å². The number of nitrogens with zero attached hydrogens (tertiary/aromatic N) is 1. The minimum atomic E-state index is -0.116. The van der Waals surface area contributed by atoms with Crippen LogP contribution in [0.4, 0.5) is 0 Å². The number of rotatable bonds is 4. The zero-order chi connectivity index (χ0) is 15.4. The van der Waals surface area contributed by atoms with E-state index in [0.29, 0.717) is 28.7 Å². The van der Waals surface area contributed by atoms with E-state index in [1.165, 1.54) is 0 Å². The molecule has 0 bridgehead atoms. The van der Waals surface area contributed by atoms with Gasteiger partial charge in [-0.1, -0.05) is 29.8 Å². The second-order valence-corrected chi connectivity index (χ2v) is 5.97. The lowest BCUT2D eigenvalue weighted by Gasteiger charge is -2.22. The van der Waals surface area contributed by atoms with E-state index in [9.17, 15) is 4.79 Å². The third kappa shape index (κ3) is 4.25. The standard InChI is InChI=1S/C16H19ClN4O.ClH/c17-14-6-2-1-5-12(14)15-13(10-20-21-15)16(22)19-9-11-4-3-7-18-8-11;/h1-2,5-6,10-11,18H,3-4,7-9H2,(H,19,22)(H,20,21);1H. The molecule has 1 atom stereocenters. The number of nitrogens with one attached hydrogen (secondary N) is 3. The molecule has 0 aliphatic carbocycles. The molecule has 1 saturated heterocycles. The number of halogens is 2. The van der Waals surface area contributed by atoms with Crippen LogP contribution in [0.2, 0.25) is 5.02 Å². The molecule has 1 aromatic heterocycles. The van der Waals surface area contributed by atoms with Crippen LogP contribution in [0.3, 0.4) is 0 Å². The molecule has 1 unspecified atom stereocenters. The van der Waals surface area contributed by atoms with Crippen molar-refractivity contribution >= 4 is 29.9 Å². The summed E-state index contributed by atoms with van der Waals surface area (Å²) in [4.78, 5) is 12.4. The number of aromatic nitrogens is 2. The molecule has 0 saturated carbocycles. The maximum absolute atomic E-state index is 12.4. The fourth-order valence-electron chi connectivity index (χ4n) is 2.76. The van der Waals surface area contributed by atoms with Crippen molar-refractivity contribution in [2.24, 2.45) is 5.92 Å². The maximum Gasteiger partial charge on any atom is 0.255 e. The average molecular weight is 355 g/mol. The van der Waals surface area contributed by atoms with Gasteiger partial charge >= 0.3 is 0 Å². The molecule has 2 heterocycles. The quantitative estimate of drug-likeness (QED) is 0.790. The van der Waals surface area contributed by atoms with Crippen molar-refractivity contribution < 1.29 is 4.79 Å². The summed E-state index contributed by atoms with van der Waals surface area (Å²) in [5.74, 6) is 0.377. The highest BCUT2D eigenvalue weighted by molar-refractivity contribution is 6.33. The summed E-state index contributed by atoms with van der Waals surface area (Å²) in [5, 5.41) is 13.8. The Labute approximate surface area is 146 Å². The topological polar surface area (TPSA) is 69.8 Å². The van der Waals surface area contributed by atoms with E-state index < -0.39 is 0 Å². The van der Waals surface area contributed by atoms with Gasteiger partial charge in [-0.3, -0.25) is 9.89 Å². The van der Waals surface area contributed by atoms with Gasteiger partial charge in [0.2, 0.25) is 0 Å². The van der Waals surface area contributed by atoms with E-state index in [1.807, 2.05) is 18.2 Å². The fraction of sp³-hybridized carbons (Fsp3) is 0.375. The molecule has 0 spiro atoms. The zero-order valence-corrected chi connectivity index (χ0v) is 14.2. The molecule has 5 nitrogen and oxygen atoms in total. The van der Waals surface area contributed by atoms with Crippen LogP contribution in [0.5, 0.6) is 0 Å². The predicted molar refractivity (Wildman–Crippen MR) is 94.2 cm³/mol. The van der Waals surface area contributed by atoms with Crippen LogP contribution in [-0.4, -0.2) is 35.7 Å². The van der Waals surface area contributed by atoms with Crippen LogP contribution in [0, 0.1) is 5.92 Å². The smallest absolute Gasteiger partial charge is 0.255 e. The zero-order valence-electron chi connectivity index (χ0n) is 12.6. The van der Waals surface area contributed by atoms with Crippen molar-refractivity contribution in [1.82, 2.24) is 20.8 Å². The lowest BCUT2D eigenvalue weighted by Crippen LogP contribution is -2.38. The van der Waals surface area contributed by atoms with Gasteiger partial charge in [-0.15, -0.1) is 12.4 Å². The summed E-state index contributed by atoms with van der Waals surface area (Å²) < 4.78 is 0. The average Bonchev–Trinajstić information content (AvgIpc) is 3.03. The van der Waals surface area contributed by atoms with Gasteiger partial charge in [0.05, 0.1) is 17.5 Å². The van der Waals surface area contributed by atoms with Gasteiger partial charge in [0.1, 0.15) is 0 Å². The molecule has 1 aliphatic heterocycles. The lowest BCUT2D eigenvalue weighted by molar-refractivity contribution is 0.0945. The second kappa shape index (κ2) is 8.34. The second-order valence-electron chi connectivity index (χ2n) is 5.56. The highest BCUT2D eigenvalue weighted by atomic mass is 35.5. The minimum absolute atomic E-state index is 0. The number of amides is 1. The Morgan fingerprint density at radius 1 is 1.39 bits per heavy atom. The molecule has 1 aliphatic rings. The first-order valence-corrected chi connectivity index (χ1v) is 7.90. The summed E-state index contributed by atoms with van der Waals surface area (Å²) in [6.45, 7) is 2.71. The molecule has 1 aromatic carbocycles. The van der Waals surface area contributed by atoms with E-state index in [2.05, 4.69) is 20.8 Å². The Bertz CT molecular complexity index is 653. The molecule has 3 rings (SSSR count). The highest BCUT2D eigenvalue weighted by Gasteiger charge is 2.19. The first-order valence-electron chi connectivity index (χ1n) is 7.53. The highest BCUT2D eigenvalue weighted by Crippen LogP contribution is 2.28. The van der Waals surface area contributed by atoms with Crippen LogP contribution < -0.4 is 10.6 Å². The van der Waals surface area contributed by atoms with Crippen molar-refractivity contribution in [3.63, 3.8) is 0 Å². The number of carbonyl (C=O) groups is 1. The monoisotopic (exact) mass is 354 g/mol. The first-order chi connectivity index (χ1) is 10.8. The van der Waals surface area contributed by atoms with Crippen LogP contribution in [0.15, 0.2) is 30.5 Å². The van der Waals surface area contributed by atoms with E-state index in [4.69, 9.17) is 11.6 Å². The number of carbonyl (C=O) groups excluding carboxylic acids is 1. The fourth-order valence-corrected chi connectivity index (χ4v) is 2.99. The SMILES string of the molecule is Cl.O=C(NCC1CCCNC1)c1cn[nH]c1-c1ccccc1Cl. The minimum Gasteiger partial charge on any atom is -0.352 e. The molecular weight excluding hydrogens is 335 g/mol. The summed E-state index contributed by atoms with van der Waals surface area (Å²) in [5.41, 5.74) is 1.97. The Morgan fingerprint density at radius 2 is 2.22 bits per heavy atom. The molecule has 2 aromatic rings. The van der Waals surface area contributed by atoms with Gasteiger partial charge in [0, 0.05) is 17.1 Å². The number of hydrogen-bond acceptors (Lipinski definition) is 3. The van der Waals surface area contributed by atoms with Crippen LogP contribution in [-0.2, 0) is 0 Å². The number of piperidine rings is 1. The van der Waals surface area contributed by atoms with Gasteiger partial charge in [0.15, 0.2) is 0 Å². The predicted octanol–water partition coefficient (Wildman–Crippen LogP) is 2.88. The van der Waals surface area contributed by atoms with Crippen molar-refractivity contribution in [1.29, 1.82) is 0 Å². The molecule has 124 valence electrons. The van der Waals surface area contributed by atoms with Crippen LogP contribution >= 0.6 is 24.0 Å². The first kappa shape index (κ1) is 17.8. The lowest BCUT2D eigenvalue weighted by atomic mass is 9.99. The summed E-state index contributed by atoms with van der Waals surface area (Å²) >= 11 is 6.20. The molecule has 1 fully saturated rings. The molecule has 0 radical (unpaired) electrons. The van der Waals surface area contributed by atoms with Crippen molar-refractivity contribution in [2.45, 2.75) is 12.8 Å². The van der Waals surface area contributed by atoms with Crippen LogP contribution in [0.25, 0.3) is 11.3 Å². The summed E-state index contributed by atoms with van der Waals surface area (Å²) in [7, 11) is 0. The Hall–Kier alpha value is -1.56. The van der Waals surface area contributed by atoms with Gasteiger partial charge in [-0.25, -0.2) is 0 Å². The summed E-state index contributed by atoms with van der Waals surface area (Å²) in [6, 6.07) is 7.42. The van der Waals surface area contributed by atoms with E-state index in [0.717, 1.165) is 31.5 Å². The van der Waals surface area contributed by atoms with Crippen molar-refractivity contribution in [2.75, 3.05) is 19.6 Å². The molecular formula is C16H20Cl2N4O.